The van der Waals surface area contributed by atoms with E-state index in [0.29, 0.717) is 67.9 Å². The van der Waals surface area contributed by atoms with Crippen molar-refractivity contribution in [2.45, 2.75) is 46.1 Å². The second kappa shape index (κ2) is 11.8. The minimum absolute atomic E-state index is 0.0271. The monoisotopic (exact) mass is 540 g/mol. The van der Waals surface area contributed by atoms with Crippen LogP contribution in [0.2, 0.25) is 5.02 Å². The Kier molecular flexibility index (Phi) is 8.75. The molecule has 0 bridgehead atoms. The highest BCUT2D eigenvalue weighted by molar-refractivity contribution is 6.32. The van der Waals surface area contributed by atoms with Crippen molar-refractivity contribution in [3.05, 3.63) is 52.5 Å². The lowest BCUT2D eigenvalue weighted by molar-refractivity contribution is -0.275. The summed E-state index contributed by atoms with van der Waals surface area (Å²) in [5.41, 5.74) is 1.30. The number of carbonyl (C=O) groups excluding carboxylic acids is 1. The molecule has 2 aromatic rings. The quantitative estimate of drug-likeness (QED) is 0.417. The number of alkyl halides is 3. The van der Waals surface area contributed by atoms with E-state index in [-0.39, 0.29) is 30.0 Å². The molecule has 2 aromatic carbocycles. The number of rotatable bonds is 8. The lowest BCUT2D eigenvalue weighted by atomic mass is 10.0. The van der Waals surface area contributed by atoms with Crippen LogP contribution in [0.3, 0.4) is 0 Å². The zero-order valence-electron chi connectivity index (χ0n) is 21.0. The second-order valence-corrected chi connectivity index (χ2v) is 10.4. The molecule has 1 fully saturated rings. The molecule has 0 radical (unpaired) electrons. The molecule has 2 aliphatic rings. The summed E-state index contributed by atoms with van der Waals surface area (Å²) in [4.78, 5) is 17.4. The fourth-order valence-electron chi connectivity index (χ4n) is 4.80. The molecule has 4 rings (SSSR count). The summed E-state index contributed by atoms with van der Waals surface area (Å²) in [6.07, 6.45) is -3.35. The smallest absolute Gasteiger partial charge is 0.489 e. The second-order valence-electron chi connectivity index (χ2n) is 9.94. The summed E-state index contributed by atoms with van der Waals surface area (Å²) in [6.45, 7) is 7.50. The first-order valence-corrected chi connectivity index (χ1v) is 12.9. The van der Waals surface area contributed by atoms with Gasteiger partial charge in [0.05, 0.1) is 24.2 Å². The van der Waals surface area contributed by atoms with Crippen molar-refractivity contribution < 1.29 is 32.2 Å². The summed E-state index contributed by atoms with van der Waals surface area (Å²) < 4.78 is 54.1. The normalized spacial score (nSPS) is 18.1. The maximum absolute atomic E-state index is 13.6. The molecule has 1 atom stereocenters. The largest absolute Gasteiger partial charge is 0.573 e. The molecule has 0 aromatic heterocycles. The van der Waals surface area contributed by atoms with E-state index in [2.05, 4.69) is 18.6 Å². The molecule has 2 aliphatic heterocycles. The van der Waals surface area contributed by atoms with Crippen molar-refractivity contribution in [1.29, 1.82) is 0 Å². The molecule has 0 saturated carbocycles. The van der Waals surface area contributed by atoms with E-state index >= 15 is 0 Å². The van der Waals surface area contributed by atoms with E-state index in [9.17, 15) is 18.0 Å². The SMILES string of the molecule is CC(C)CN(Cc1cc(Cl)c2c(c1)OCCCO2)C(=O)[C@@H]1CCN(Cc2ccccc2OC(F)(F)F)C1. The van der Waals surface area contributed by atoms with Gasteiger partial charge in [0.15, 0.2) is 11.5 Å². The predicted molar refractivity (Wildman–Crippen MR) is 134 cm³/mol. The summed E-state index contributed by atoms with van der Waals surface area (Å²) in [5, 5.41) is 0.457. The van der Waals surface area contributed by atoms with E-state index < -0.39 is 6.36 Å². The van der Waals surface area contributed by atoms with Crippen LogP contribution in [-0.4, -0.2) is 54.9 Å². The standard InChI is InChI=1S/C27H32ClF3N2O4/c1-18(2)14-33(15-19-12-22(28)25-24(13-19)35-10-5-11-36-25)26(34)21-8-9-32(17-21)16-20-6-3-4-7-23(20)37-27(29,30)31/h3-4,6-7,12-13,18,21H,5,8-11,14-17H2,1-2H3/t21-/m1/s1. The van der Waals surface area contributed by atoms with Crippen LogP contribution < -0.4 is 14.2 Å². The van der Waals surface area contributed by atoms with Gasteiger partial charge in [-0.05, 0) is 42.6 Å². The molecule has 37 heavy (non-hydrogen) atoms. The van der Waals surface area contributed by atoms with E-state index in [1.165, 1.54) is 12.1 Å². The Morgan fingerprint density at radius 1 is 1.22 bits per heavy atom. The number of nitrogens with zero attached hydrogens (tertiary/aromatic N) is 2. The first-order valence-electron chi connectivity index (χ1n) is 12.5. The highest BCUT2D eigenvalue weighted by Crippen LogP contribution is 2.38. The van der Waals surface area contributed by atoms with Gasteiger partial charge in [0.1, 0.15) is 5.75 Å². The van der Waals surface area contributed by atoms with Gasteiger partial charge in [-0.15, -0.1) is 13.2 Å². The molecule has 10 heteroatoms. The van der Waals surface area contributed by atoms with Gasteiger partial charge in [0.25, 0.3) is 0 Å². The van der Waals surface area contributed by atoms with Crippen molar-refractivity contribution in [3.8, 4) is 17.2 Å². The Bertz CT molecular complexity index is 1100. The van der Waals surface area contributed by atoms with Gasteiger partial charge in [-0.1, -0.05) is 43.6 Å². The van der Waals surface area contributed by atoms with Gasteiger partial charge in [0, 0.05) is 38.2 Å². The minimum atomic E-state index is -4.76. The number of amides is 1. The van der Waals surface area contributed by atoms with Crippen LogP contribution in [-0.2, 0) is 17.9 Å². The van der Waals surface area contributed by atoms with Crippen molar-refractivity contribution in [3.63, 3.8) is 0 Å². The molecule has 2 heterocycles. The first kappa shape index (κ1) is 27.4. The summed E-state index contributed by atoms with van der Waals surface area (Å²) in [5.74, 6) is 0.945. The Morgan fingerprint density at radius 3 is 2.73 bits per heavy atom. The number of hydrogen-bond acceptors (Lipinski definition) is 5. The molecule has 0 aliphatic carbocycles. The van der Waals surface area contributed by atoms with Crippen molar-refractivity contribution >= 4 is 17.5 Å². The van der Waals surface area contributed by atoms with Gasteiger partial charge in [0.2, 0.25) is 5.91 Å². The Morgan fingerprint density at radius 2 is 1.97 bits per heavy atom. The third-order valence-corrected chi connectivity index (χ3v) is 6.63. The fraction of sp³-hybridized carbons (Fsp3) is 0.519. The zero-order chi connectivity index (χ0) is 26.6. The van der Waals surface area contributed by atoms with Gasteiger partial charge in [-0.25, -0.2) is 0 Å². The summed E-state index contributed by atoms with van der Waals surface area (Å²) >= 11 is 6.47. The van der Waals surface area contributed by atoms with Crippen molar-refractivity contribution in [1.82, 2.24) is 9.80 Å². The summed E-state index contributed by atoms with van der Waals surface area (Å²) in [6, 6.07) is 9.82. The minimum Gasteiger partial charge on any atom is -0.489 e. The maximum atomic E-state index is 13.6. The average molecular weight is 541 g/mol. The van der Waals surface area contributed by atoms with Crippen LogP contribution >= 0.6 is 11.6 Å². The topological polar surface area (TPSA) is 51.2 Å². The highest BCUT2D eigenvalue weighted by Gasteiger charge is 2.34. The van der Waals surface area contributed by atoms with Crippen LogP contribution in [0.15, 0.2) is 36.4 Å². The number of carbonyl (C=O) groups is 1. The average Bonchev–Trinajstić information content (AvgIpc) is 3.14. The number of likely N-dealkylation sites (tertiary alicyclic amines) is 1. The van der Waals surface area contributed by atoms with Crippen molar-refractivity contribution in [2.75, 3.05) is 32.8 Å². The number of fused-ring (bicyclic) bond motifs is 1. The molecular weight excluding hydrogens is 509 g/mol. The number of para-hydroxylation sites is 1. The predicted octanol–water partition coefficient (Wildman–Crippen LogP) is 5.91. The van der Waals surface area contributed by atoms with Crippen molar-refractivity contribution in [2.24, 2.45) is 11.8 Å². The lowest BCUT2D eigenvalue weighted by Gasteiger charge is -2.28. The molecule has 0 unspecified atom stereocenters. The highest BCUT2D eigenvalue weighted by atomic mass is 35.5. The van der Waals surface area contributed by atoms with Crippen LogP contribution in [0.25, 0.3) is 0 Å². The molecule has 0 N–H and O–H groups in total. The lowest BCUT2D eigenvalue weighted by Crippen LogP contribution is -2.39. The maximum Gasteiger partial charge on any atom is 0.573 e. The molecule has 0 spiro atoms. The zero-order valence-corrected chi connectivity index (χ0v) is 21.8. The number of benzene rings is 2. The van der Waals surface area contributed by atoms with E-state index in [1.807, 2.05) is 21.9 Å². The Hall–Kier alpha value is -2.65. The Balaban J connectivity index is 1.44. The van der Waals surface area contributed by atoms with Gasteiger partial charge >= 0.3 is 6.36 Å². The fourth-order valence-corrected chi connectivity index (χ4v) is 5.09. The van der Waals surface area contributed by atoms with E-state index in [1.54, 1.807) is 12.1 Å². The van der Waals surface area contributed by atoms with Crippen LogP contribution in [0.4, 0.5) is 13.2 Å². The van der Waals surface area contributed by atoms with Crippen LogP contribution in [0.5, 0.6) is 17.2 Å². The van der Waals surface area contributed by atoms with Gasteiger partial charge in [-0.3, -0.25) is 9.69 Å². The molecule has 1 saturated heterocycles. The summed E-state index contributed by atoms with van der Waals surface area (Å²) in [7, 11) is 0. The number of hydrogen-bond donors (Lipinski definition) is 0. The molecule has 6 nitrogen and oxygen atoms in total. The van der Waals surface area contributed by atoms with E-state index in [0.717, 1.165) is 12.0 Å². The van der Waals surface area contributed by atoms with Gasteiger partial charge < -0.3 is 19.1 Å². The molecular formula is C27H32ClF3N2O4. The first-order chi connectivity index (χ1) is 17.6. The van der Waals surface area contributed by atoms with Gasteiger partial charge in [-0.2, -0.15) is 0 Å². The van der Waals surface area contributed by atoms with Crippen LogP contribution in [0.1, 0.15) is 37.8 Å². The third-order valence-electron chi connectivity index (χ3n) is 6.35. The number of halogens is 4. The van der Waals surface area contributed by atoms with Crippen LogP contribution in [0, 0.1) is 11.8 Å². The van der Waals surface area contributed by atoms with E-state index in [4.69, 9.17) is 21.1 Å². The molecule has 1 amide bonds. The third kappa shape index (κ3) is 7.45. The number of ether oxygens (including phenoxy) is 3. The Labute approximate surface area is 220 Å². The molecule has 202 valence electrons.